The lowest BCUT2D eigenvalue weighted by Crippen LogP contribution is -2.30. The van der Waals surface area contributed by atoms with Gasteiger partial charge in [0.2, 0.25) is 6.79 Å². The summed E-state index contributed by atoms with van der Waals surface area (Å²) in [5.74, 6) is -0.129. The van der Waals surface area contributed by atoms with Gasteiger partial charge in [0.05, 0.1) is 17.2 Å². The van der Waals surface area contributed by atoms with Crippen LogP contribution in [0.2, 0.25) is 0 Å². The first kappa shape index (κ1) is 16.3. The molecule has 0 saturated heterocycles. The Bertz CT molecular complexity index is 872. The molecular formula is C18H14N2O5. The zero-order valence-corrected chi connectivity index (χ0v) is 13.3. The van der Waals surface area contributed by atoms with Crippen LogP contribution < -0.4 is 14.8 Å². The molecular weight excluding hydrogens is 324 g/mol. The number of amides is 1. The molecule has 0 unspecified atom stereocenters. The van der Waals surface area contributed by atoms with E-state index in [0.717, 1.165) is 0 Å². The Morgan fingerprint density at radius 3 is 2.80 bits per heavy atom. The maximum Gasteiger partial charge on any atom is 0.339 e. The fourth-order valence-electron chi connectivity index (χ4n) is 2.22. The predicted octanol–water partition coefficient (Wildman–Crippen LogP) is 2.47. The lowest BCUT2D eigenvalue weighted by molar-refractivity contribution is -0.123. The molecule has 7 nitrogen and oxygen atoms in total. The average Bonchev–Trinajstić information content (AvgIpc) is 3.09. The first-order valence-corrected chi connectivity index (χ1v) is 7.48. The number of nitrogens with zero attached hydrogens (tertiary/aromatic N) is 1. The topological polar surface area (TPSA) is 97.7 Å². The Labute approximate surface area is 143 Å². The number of nitrogens with one attached hydrogen (secondary N) is 1. The second-order valence-corrected chi connectivity index (χ2v) is 5.30. The van der Waals surface area contributed by atoms with Gasteiger partial charge < -0.3 is 19.5 Å². The summed E-state index contributed by atoms with van der Waals surface area (Å²) in [5.41, 5.74) is 1.13. The summed E-state index contributed by atoms with van der Waals surface area (Å²) in [4.78, 5) is 24.3. The lowest BCUT2D eigenvalue weighted by Gasteiger charge is -2.14. The highest BCUT2D eigenvalue weighted by atomic mass is 16.7. The van der Waals surface area contributed by atoms with Crippen molar-refractivity contribution in [2.24, 2.45) is 0 Å². The molecule has 1 atom stereocenters. The van der Waals surface area contributed by atoms with Crippen LogP contribution in [0.25, 0.3) is 0 Å². The lowest BCUT2D eigenvalue weighted by atomic mass is 10.2. The van der Waals surface area contributed by atoms with Crippen molar-refractivity contribution in [1.82, 2.24) is 0 Å². The number of carbonyl (C=O) groups is 2. The minimum absolute atomic E-state index is 0.106. The number of carbonyl (C=O) groups excluding carboxylic acids is 2. The zero-order valence-electron chi connectivity index (χ0n) is 13.3. The van der Waals surface area contributed by atoms with E-state index in [0.29, 0.717) is 22.7 Å². The van der Waals surface area contributed by atoms with Crippen molar-refractivity contribution in [2.75, 3.05) is 12.1 Å². The van der Waals surface area contributed by atoms with Gasteiger partial charge in [-0.3, -0.25) is 4.79 Å². The van der Waals surface area contributed by atoms with E-state index in [9.17, 15) is 9.59 Å². The molecule has 2 aromatic rings. The SMILES string of the molecule is C[C@@H](OC(=O)c1ccc2c(c1)OCO2)C(=O)Nc1cccc(C#N)c1. The fraction of sp³-hybridized carbons (Fsp3) is 0.167. The first-order valence-electron chi connectivity index (χ1n) is 7.48. The van der Waals surface area contributed by atoms with E-state index in [1.807, 2.05) is 6.07 Å². The molecule has 0 bridgehead atoms. The van der Waals surface area contributed by atoms with Crippen LogP contribution >= 0.6 is 0 Å². The van der Waals surface area contributed by atoms with Gasteiger partial charge in [0.1, 0.15) is 0 Å². The van der Waals surface area contributed by atoms with Gasteiger partial charge in [0, 0.05) is 5.69 Å². The molecule has 0 spiro atoms. The van der Waals surface area contributed by atoms with Crippen molar-refractivity contribution >= 4 is 17.6 Å². The van der Waals surface area contributed by atoms with Gasteiger partial charge in [-0.15, -0.1) is 0 Å². The minimum Gasteiger partial charge on any atom is -0.454 e. The molecule has 0 fully saturated rings. The number of hydrogen-bond acceptors (Lipinski definition) is 6. The summed E-state index contributed by atoms with van der Waals surface area (Å²) < 4.78 is 15.6. The van der Waals surface area contributed by atoms with Crippen LogP contribution in [-0.4, -0.2) is 24.8 Å². The molecule has 2 aromatic carbocycles. The number of hydrogen-bond donors (Lipinski definition) is 1. The van der Waals surface area contributed by atoms with Gasteiger partial charge in [0.25, 0.3) is 5.91 Å². The Morgan fingerprint density at radius 1 is 1.20 bits per heavy atom. The van der Waals surface area contributed by atoms with Crippen molar-refractivity contribution in [2.45, 2.75) is 13.0 Å². The third-order valence-electron chi connectivity index (χ3n) is 3.52. The molecule has 1 heterocycles. The van der Waals surface area contributed by atoms with Crippen molar-refractivity contribution in [3.8, 4) is 17.6 Å². The summed E-state index contributed by atoms with van der Waals surface area (Å²) in [6.45, 7) is 1.57. The summed E-state index contributed by atoms with van der Waals surface area (Å²) >= 11 is 0. The molecule has 3 rings (SSSR count). The average molecular weight is 338 g/mol. The van der Waals surface area contributed by atoms with Crippen LogP contribution in [0.15, 0.2) is 42.5 Å². The molecule has 25 heavy (non-hydrogen) atoms. The van der Waals surface area contributed by atoms with E-state index in [4.69, 9.17) is 19.5 Å². The highest BCUT2D eigenvalue weighted by Crippen LogP contribution is 2.32. The normalized spacial score (nSPS) is 12.8. The number of fused-ring (bicyclic) bond motifs is 1. The van der Waals surface area contributed by atoms with Crippen molar-refractivity contribution in [3.63, 3.8) is 0 Å². The second kappa shape index (κ2) is 6.93. The number of benzene rings is 2. The van der Waals surface area contributed by atoms with E-state index in [1.54, 1.807) is 24.3 Å². The smallest absolute Gasteiger partial charge is 0.339 e. The third-order valence-corrected chi connectivity index (χ3v) is 3.52. The molecule has 7 heteroatoms. The molecule has 1 aliphatic heterocycles. The fourth-order valence-corrected chi connectivity index (χ4v) is 2.22. The highest BCUT2D eigenvalue weighted by Gasteiger charge is 2.21. The predicted molar refractivity (Wildman–Crippen MR) is 87.2 cm³/mol. The first-order chi connectivity index (χ1) is 12.1. The van der Waals surface area contributed by atoms with Gasteiger partial charge >= 0.3 is 5.97 Å². The Hall–Kier alpha value is -3.53. The van der Waals surface area contributed by atoms with E-state index < -0.39 is 18.0 Å². The quantitative estimate of drug-likeness (QED) is 0.860. The maximum absolute atomic E-state index is 12.2. The standard InChI is InChI=1S/C18H14N2O5/c1-11(17(21)20-14-4-2-3-12(7-14)9-19)25-18(22)13-5-6-15-16(8-13)24-10-23-15/h2-8,11H,10H2,1H3,(H,20,21)/t11-/m1/s1. The van der Waals surface area contributed by atoms with Crippen molar-refractivity contribution in [3.05, 3.63) is 53.6 Å². The van der Waals surface area contributed by atoms with Gasteiger partial charge in [0.15, 0.2) is 17.6 Å². The highest BCUT2D eigenvalue weighted by molar-refractivity contribution is 5.97. The van der Waals surface area contributed by atoms with Gasteiger partial charge in [-0.2, -0.15) is 5.26 Å². The van der Waals surface area contributed by atoms with E-state index >= 15 is 0 Å². The van der Waals surface area contributed by atoms with Gasteiger partial charge in [-0.25, -0.2) is 4.79 Å². The monoisotopic (exact) mass is 338 g/mol. The molecule has 1 N–H and O–H groups in total. The van der Waals surface area contributed by atoms with E-state index in [-0.39, 0.29) is 12.4 Å². The zero-order chi connectivity index (χ0) is 17.8. The van der Waals surface area contributed by atoms with Gasteiger partial charge in [-0.1, -0.05) is 6.07 Å². The van der Waals surface area contributed by atoms with Gasteiger partial charge in [-0.05, 0) is 43.3 Å². The largest absolute Gasteiger partial charge is 0.454 e. The molecule has 0 saturated carbocycles. The number of ether oxygens (including phenoxy) is 3. The number of nitriles is 1. The molecule has 126 valence electrons. The van der Waals surface area contributed by atoms with E-state index in [2.05, 4.69) is 5.32 Å². The molecule has 0 aliphatic carbocycles. The Kier molecular flexibility index (Phi) is 4.53. The van der Waals surface area contributed by atoms with Crippen LogP contribution in [0.3, 0.4) is 0 Å². The Balaban J connectivity index is 1.62. The number of rotatable bonds is 4. The minimum atomic E-state index is -1.01. The number of anilines is 1. The van der Waals surface area contributed by atoms with Crippen LogP contribution in [-0.2, 0) is 9.53 Å². The summed E-state index contributed by atoms with van der Waals surface area (Å²) in [5, 5.41) is 11.5. The van der Waals surface area contributed by atoms with Crippen LogP contribution in [0.1, 0.15) is 22.8 Å². The summed E-state index contributed by atoms with van der Waals surface area (Å²) in [6.07, 6.45) is -1.01. The van der Waals surface area contributed by atoms with E-state index in [1.165, 1.54) is 25.1 Å². The summed E-state index contributed by atoms with van der Waals surface area (Å²) in [6, 6.07) is 13.1. The van der Waals surface area contributed by atoms with Crippen molar-refractivity contribution < 1.29 is 23.8 Å². The molecule has 1 aliphatic rings. The molecule has 0 radical (unpaired) electrons. The molecule has 0 aromatic heterocycles. The Morgan fingerprint density at radius 2 is 2.00 bits per heavy atom. The van der Waals surface area contributed by atoms with Crippen LogP contribution in [0.5, 0.6) is 11.5 Å². The van der Waals surface area contributed by atoms with Crippen LogP contribution in [0, 0.1) is 11.3 Å². The van der Waals surface area contributed by atoms with Crippen LogP contribution in [0.4, 0.5) is 5.69 Å². The summed E-state index contributed by atoms with van der Waals surface area (Å²) in [7, 11) is 0. The number of esters is 1. The van der Waals surface area contributed by atoms with Crippen molar-refractivity contribution in [1.29, 1.82) is 5.26 Å². The second-order valence-electron chi connectivity index (χ2n) is 5.30. The third kappa shape index (κ3) is 3.70. The maximum atomic E-state index is 12.2. The molecule has 1 amide bonds.